The first-order valence-corrected chi connectivity index (χ1v) is 10.3. The molecule has 0 saturated carbocycles. The van der Waals surface area contributed by atoms with Gasteiger partial charge in [-0.1, -0.05) is 49.6 Å². The minimum atomic E-state index is -0.309. The van der Waals surface area contributed by atoms with E-state index in [-0.39, 0.29) is 18.5 Å². The largest absolute Gasteiger partial charge is 0.324 e. The van der Waals surface area contributed by atoms with Crippen molar-refractivity contribution in [2.75, 3.05) is 24.2 Å². The summed E-state index contributed by atoms with van der Waals surface area (Å²) in [6, 6.07) is 11.7. The van der Waals surface area contributed by atoms with Gasteiger partial charge in [0.2, 0.25) is 5.91 Å². The molecule has 0 fully saturated rings. The molecule has 0 unspecified atom stereocenters. The maximum Gasteiger partial charge on any atom is 0.322 e. The van der Waals surface area contributed by atoms with Crippen molar-refractivity contribution in [2.45, 2.75) is 53.4 Å². The number of nitrogens with one attached hydrogen (secondary N) is 2. The van der Waals surface area contributed by atoms with Gasteiger partial charge in [0.1, 0.15) is 6.54 Å². The van der Waals surface area contributed by atoms with Crippen LogP contribution in [0.3, 0.4) is 0 Å². The summed E-state index contributed by atoms with van der Waals surface area (Å²) in [5.74, 6) is -0.219. The number of nitrogens with zero attached hydrogens (tertiary/aromatic N) is 1. The predicted octanol–water partition coefficient (Wildman–Crippen LogP) is 5.45. The molecule has 0 aliphatic carbocycles. The first kappa shape index (κ1) is 22.5. The number of likely N-dealkylation sites (N-methyl/N-ethyl adjacent to an activating group) is 1. The van der Waals surface area contributed by atoms with Crippen LogP contribution in [-0.4, -0.2) is 30.4 Å². The summed E-state index contributed by atoms with van der Waals surface area (Å²) in [6.45, 7) is 8.14. The summed E-state index contributed by atoms with van der Waals surface area (Å²) in [4.78, 5) is 26.2. The van der Waals surface area contributed by atoms with Crippen LogP contribution in [0.2, 0.25) is 0 Å². The number of benzene rings is 2. The van der Waals surface area contributed by atoms with E-state index in [0.29, 0.717) is 0 Å². The lowest BCUT2D eigenvalue weighted by Crippen LogP contribution is -2.37. The smallest absolute Gasteiger partial charge is 0.322 e. The number of urea groups is 1. The molecule has 2 N–H and O–H groups in total. The molecule has 0 heterocycles. The Balaban J connectivity index is 1.88. The van der Waals surface area contributed by atoms with Crippen LogP contribution in [0, 0.1) is 20.8 Å². The molecule has 0 aromatic heterocycles. The van der Waals surface area contributed by atoms with Crippen molar-refractivity contribution in [1.82, 2.24) is 4.90 Å². The van der Waals surface area contributed by atoms with Gasteiger partial charge in [-0.25, -0.2) is 4.79 Å². The van der Waals surface area contributed by atoms with Crippen molar-refractivity contribution < 1.29 is 9.59 Å². The van der Waals surface area contributed by atoms with Crippen molar-refractivity contribution in [2.24, 2.45) is 0 Å². The number of hydrogen-bond donors (Lipinski definition) is 2. The Labute approximate surface area is 174 Å². The fraction of sp³-hybridized carbons (Fsp3) is 0.417. The molecule has 0 spiro atoms. The van der Waals surface area contributed by atoms with Crippen LogP contribution >= 0.6 is 0 Å². The first-order valence-electron chi connectivity index (χ1n) is 10.3. The lowest BCUT2D eigenvalue weighted by atomic mass is 10.1. The van der Waals surface area contributed by atoms with Crippen molar-refractivity contribution >= 4 is 23.3 Å². The summed E-state index contributed by atoms with van der Waals surface area (Å²) in [6.07, 6.45) is 4.67. The Morgan fingerprint density at radius 1 is 0.931 bits per heavy atom. The summed E-state index contributed by atoms with van der Waals surface area (Å²) in [5.41, 5.74) is 6.00. The molecular weight excluding hydrogens is 362 g/mol. The third-order valence-corrected chi connectivity index (χ3v) is 4.94. The van der Waals surface area contributed by atoms with Gasteiger partial charge >= 0.3 is 6.03 Å². The summed E-state index contributed by atoms with van der Waals surface area (Å²) < 4.78 is 0. The number of amides is 3. The van der Waals surface area contributed by atoms with Crippen LogP contribution in [0.15, 0.2) is 36.4 Å². The van der Waals surface area contributed by atoms with E-state index < -0.39 is 0 Å². The second-order valence-electron chi connectivity index (χ2n) is 7.76. The van der Waals surface area contributed by atoms with Gasteiger partial charge in [0, 0.05) is 18.4 Å². The van der Waals surface area contributed by atoms with Crippen LogP contribution in [0.5, 0.6) is 0 Å². The molecule has 0 atom stereocenters. The average molecular weight is 396 g/mol. The maximum atomic E-state index is 12.4. The van der Waals surface area contributed by atoms with Gasteiger partial charge in [-0.2, -0.15) is 0 Å². The third kappa shape index (κ3) is 6.93. The lowest BCUT2D eigenvalue weighted by Gasteiger charge is -2.19. The number of anilines is 2. The molecule has 5 nitrogen and oxygen atoms in total. The molecule has 156 valence electrons. The quantitative estimate of drug-likeness (QED) is 0.584. The molecule has 29 heavy (non-hydrogen) atoms. The molecule has 3 amide bonds. The zero-order chi connectivity index (χ0) is 21.4. The topological polar surface area (TPSA) is 61.4 Å². The van der Waals surface area contributed by atoms with E-state index in [0.717, 1.165) is 34.5 Å². The van der Waals surface area contributed by atoms with Gasteiger partial charge in [-0.15, -0.1) is 0 Å². The van der Waals surface area contributed by atoms with E-state index in [9.17, 15) is 9.59 Å². The Bertz CT molecular complexity index is 821. The lowest BCUT2D eigenvalue weighted by molar-refractivity contribution is -0.116. The van der Waals surface area contributed by atoms with Crippen LogP contribution in [0.1, 0.15) is 48.4 Å². The van der Waals surface area contributed by atoms with Crippen LogP contribution in [-0.2, 0) is 11.2 Å². The highest BCUT2D eigenvalue weighted by molar-refractivity contribution is 5.97. The van der Waals surface area contributed by atoms with Crippen LogP contribution < -0.4 is 10.6 Å². The van der Waals surface area contributed by atoms with Gasteiger partial charge in [0.05, 0.1) is 0 Å². The van der Waals surface area contributed by atoms with Crippen LogP contribution in [0.25, 0.3) is 0 Å². The highest BCUT2D eigenvalue weighted by Crippen LogP contribution is 2.21. The molecule has 0 bridgehead atoms. The Hall–Kier alpha value is -2.82. The molecule has 2 rings (SSSR count). The minimum Gasteiger partial charge on any atom is -0.324 e. The van der Waals surface area contributed by atoms with Crippen molar-refractivity contribution in [3.05, 3.63) is 58.7 Å². The number of aryl methyl sites for hydroxylation is 4. The van der Waals surface area contributed by atoms with E-state index in [1.54, 1.807) is 7.05 Å². The number of carbonyl (C=O) groups is 2. The summed E-state index contributed by atoms with van der Waals surface area (Å²) in [7, 11) is 1.61. The summed E-state index contributed by atoms with van der Waals surface area (Å²) in [5, 5.41) is 5.77. The van der Waals surface area contributed by atoms with E-state index in [1.807, 2.05) is 57.2 Å². The van der Waals surface area contributed by atoms with Gasteiger partial charge in [-0.3, -0.25) is 4.79 Å². The van der Waals surface area contributed by atoms with Gasteiger partial charge in [-0.05, 0) is 62.4 Å². The zero-order valence-corrected chi connectivity index (χ0v) is 18.3. The van der Waals surface area contributed by atoms with Crippen molar-refractivity contribution in [3.8, 4) is 0 Å². The average Bonchev–Trinajstić information content (AvgIpc) is 2.66. The molecule has 0 radical (unpaired) electrons. The second-order valence-corrected chi connectivity index (χ2v) is 7.76. The predicted molar refractivity (Wildman–Crippen MR) is 121 cm³/mol. The standard InChI is InChI=1S/C24H33N3O2/c1-6-7-8-9-20-10-12-21(13-11-20)25-24(29)27(5)16-22(28)26-23-18(3)14-17(2)15-19(23)4/h10-15H,6-9,16H2,1-5H3,(H,25,29)(H,26,28). The third-order valence-electron chi connectivity index (χ3n) is 4.94. The van der Waals surface area contributed by atoms with E-state index >= 15 is 0 Å². The molecule has 0 aliphatic heterocycles. The molecular formula is C24H33N3O2. The molecule has 2 aromatic rings. The highest BCUT2D eigenvalue weighted by atomic mass is 16.2. The Morgan fingerprint density at radius 2 is 1.55 bits per heavy atom. The van der Waals surface area contributed by atoms with Gasteiger partial charge in [0.25, 0.3) is 0 Å². The number of carbonyl (C=O) groups excluding carboxylic acids is 2. The fourth-order valence-electron chi connectivity index (χ4n) is 3.40. The fourth-order valence-corrected chi connectivity index (χ4v) is 3.40. The Morgan fingerprint density at radius 3 is 2.14 bits per heavy atom. The van der Waals surface area contributed by atoms with Crippen molar-refractivity contribution in [1.29, 1.82) is 0 Å². The van der Waals surface area contributed by atoms with E-state index in [4.69, 9.17) is 0 Å². The second kappa shape index (κ2) is 10.6. The Kier molecular flexibility index (Phi) is 8.25. The maximum absolute atomic E-state index is 12.4. The molecule has 0 saturated heterocycles. The van der Waals surface area contributed by atoms with Gasteiger partial charge < -0.3 is 15.5 Å². The molecule has 5 heteroatoms. The zero-order valence-electron chi connectivity index (χ0n) is 18.3. The monoisotopic (exact) mass is 395 g/mol. The molecule has 2 aromatic carbocycles. The van der Waals surface area contributed by atoms with Crippen LogP contribution in [0.4, 0.5) is 16.2 Å². The number of unbranched alkanes of at least 4 members (excludes halogenated alkanes) is 2. The SMILES string of the molecule is CCCCCc1ccc(NC(=O)N(C)CC(=O)Nc2c(C)cc(C)cc2C)cc1. The molecule has 0 aliphatic rings. The van der Waals surface area contributed by atoms with E-state index in [2.05, 4.69) is 17.6 Å². The number of rotatable bonds is 8. The minimum absolute atomic E-state index is 0.0201. The normalized spacial score (nSPS) is 10.5. The highest BCUT2D eigenvalue weighted by Gasteiger charge is 2.15. The van der Waals surface area contributed by atoms with Crippen molar-refractivity contribution in [3.63, 3.8) is 0 Å². The summed E-state index contributed by atoms with van der Waals surface area (Å²) >= 11 is 0. The van der Waals surface area contributed by atoms with Gasteiger partial charge in [0.15, 0.2) is 0 Å². The van der Waals surface area contributed by atoms with E-state index in [1.165, 1.54) is 29.7 Å². The first-order chi connectivity index (χ1) is 13.8. The number of hydrogen-bond acceptors (Lipinski definition) is 2.